The lowest BCUT2D eigenvalue weighted by molar-refractivity contribution is 0.108. The van der Waals surface area contributed by atoms with Gasteiger partial charge < -0.3 is 19.5 Å². The zero-order chi connectivity index (χ0) is 30.2. The minimum absolute atomic E-state index is 0.0111. The van der Waals surface area contributed by atoms with Crippen LogP contribution in [0.2, 0.25) is 0 Å². The van der Waals surface area contributed by atoms with Gasteiger partial charge in [-0.25, -0.2) is 13.8 Å². The minimum Gasteiger partial charge on any atom is -0.508 e. The molecule has 10 heteroatoms. The molecule has 4 aliphatic rings. The number of aromatic nitrogens is 3. The van der Waals surface area contributed by atoms with Gasteiger partial charge in [0, 0.05) is 24.0 Å². The number of rotatable bonds is 4. The van der Waals surface area contributed by atoms with Crippen LogP contribution in [0.15, 0.2) is 36.4 Å². The Morgan fingerprint density at radius 1 is 1.14 bits per heavy atom. The van der Waals surface area contributed by atoms with Crippen molar-refractivity contribution in [3.63, 3.8) is 0 Å². The molecule has 0 aliphatic carbocycles. The van der Waals surface area contributed by atoms with E-state index in [4.69, 9.17) is 20.9 Å². The molecule has 0 radical (unpaired) electrons. The first-order valence-corrected chi connectivity index (χ1v) is 15.1. The molecule has 0 bridgehead atoms. The fraction of sp³-hybridized carbons (Fsp3) is 0.382. The van der Waals surface area contributed by atoms with Crippen molar-refractivity contribution >= 4 is 27.5 Å². The van der Waals surface area contributed by atoms with E-state index < -0.39 is 11.6 Å². The van der Waals surface area contributed by atoms with Gasteiger partial charge >= 0.3 is 6.01 Å². The number of nitrogens with zero attached hydrogens (tertiary/aromatic N) is 5. The van der Waals surface area contributed by atoms with E-state index in [1.165, 1.54) is 29.8 Å². The number of piperidine rings is 1. The second-order valence-corrected chi connectivity index (χ2v) is 12.4. The third kappa shape index (κ3) is 4.09. The molecular weight excluding hydrogens is 564 g/mol. The van der Waals surface area contributed by atoms with Crippen LogP contribution in [0.1, 0.15) is 44.1 Å². The van der Waals surface area contributed by atoms with Gasteiger partial charge in [-0.3, -0.25) is 4.90 Å². The number of aromatic hydroxyl groups is 1. The molecule has 0 unspecified atom stereocenters. The lowest BCUT2D eigenvalue weighted by atomic mass is 9.94. The summed E-state index contributed by atoms with van der Waals surface area (Å²) in [6.07, 6.45) is 11.5. The Balaban J connectivity index is 1.33. The van der Waals surface area contributed by atoms with Crippen LogP contribution in [0.4, 0.5) is 14.6 Å². The highest BCUT2D eigenvalue weighted by atomic mass is 19.1. The van der Waals surface area contributed by atoms with Gasteiger partial charge in [0.05, 0.1) is 17.1 Å². The van der Waals surface area contributed by atoms with Crippen LogP contribution in [0.25, 0.3) is 32.9 Å². The molecule has 0 saturated carbocycles. The molecule has 0 amide bonds. The maximum absolute atomic E-state index is 16.9. The molecular formula is C34H31F2N5O3. The van der Waals surface area contributed by atoms with E-state index in [-0.39, 0.29) is 56.9 Å². The van der Waals surface area contributed by atoms with Crippen LogP contribution in [0.5, 0.6) is 17.6 Å². The number of halogens is 2. The number of benzene rings is 2. The first-order chi connectivity index (χ1) is 21.3. The molecule has 2 aromatic carbocycles. The molecule has 4 aliphatic heterocycles. The molecule has 3 saturated heterocycles. The van der Waals surface area contributed by atoms with E-state index in [1.54, 1.807) is 0 Å². The van der Waals surface area contributed by atoms with Crippen LogP contribution in [-0.4, -0.2) is 69.4 Å². The zero-order valence-corrected chi connectivity index (χ0v) is 24.2. The molecule has 224 valence electrons. The lowest BCUT2D eigenvalue weighted by Crippen LogP contribution is -2.44. The molecule has 4 aromatic rings. The van der Waals surface area contributed by atoms with E-state index >= 15 is 4.39 Å². The summed E-state index contributed by atoms with van der Waals surface area (Å²) in [5.74, 6) is 1.57. The van der Waals surface area contributed by atoms with E-state index in [0.29, 0.717) is 29.8 Å². The topological polar surface area (TPSA) is 83.8 Å². The maximum atomic E-state index is 16.9. The number of pyridine rings is 1. The Morgan fingerprint density at radius 2 is 2.02 bits per heavy atom. The van der Waals surface area contributed by atoms with Crippen molar-refractivity contribution in [2.24, 2.45) is 0 Å². The average Bonchev–Trinajstić information content (AvgIpc) is 3.49. The molecule has 8 rings (SSSR count). The lowest BCUT2D eigenvalue weighted by Gasteiger charge is -2.35. The second-order valence-electron chi connectivity index (χ2n) is 12.4. The van der Waals surface area contributed by atoms with Gasteiger partial charge in [0.2, 0.25) is 5.88 Å². The molecule has 3 fully saturated rings. The molecule has 8 nitrogen and oxygen atoms in total. The van der Waals surface area contributed by atoms with Crippen LogP contribution in [-0.2, 0) is 0 Å². The third-order valence-electron chi connectivity index (χ3n) is 9.68. The number of hydrogen-bond donors (Lipinski definition) is 1. The summed E-state index contributed by atoms with van der Waals surface area (Å²) in [6.45, 7) is 7.50. The summed E-state index contributed by atoms with van der Waals surface area (Å²) in [6, 6.07) is 5.62. The fourth-order valence-corrected chi connectivity index (χ4v) is 7.68. The van der Waals surface area contributed by atoms with Crippen LogP contribution in [0.3, 0.4) is 0 Å². The SMILES string of the molecule is C#Cc1c(F)ccc2cc(O)cc(-c3nc4c5c(nc(OC[C@@]67CCCN6CC(=C)C7)nc5c3F)N3CCCC[C@H]3CO4)c12. The minimum atomic E-state index is -0.759. The van der Waals surface area contributed by atoms with Crippen LogP contribution >= 0.6 is 0 Å². The Hall–Kier alpha value is -4.49. The van der Waals surface area contributed by atoms with E-state index in [2.05, 4.69) is 32.3 Å². The van der Waals surface area contributed by atoms with Gasteiger partial charge in [-0.1, -0.05) is 24.1 Å². The fourth-order valence-electron chi connectivity index (χ4n) is 7.68. The summed E-state index contributed by atoms with van der Waals surface area (Å²) in [5, 5.41) is 11.7. The molecule has 6 heterocycles. The third-order valence-corrected chi connectivity index (χ3v) is 9.68. The Morgan fingerprint density at radius 3 is 2.89 bits per heavy atom. The largest absolute Gasteiger partial charge is 0.508 e. The second kappa shape index (κ2) is 10.0. The summed E-state index contributed by atoms with van der Waals surface area (Å²) < 4.78 is 44.4. The van der Waals surface area contributed by atoms with Crippen LogP contribution < -0.4 is 14.4 Å². The van der Waals surface area contributed by atoms with E-state index in [0.717, 1.165) is 58.2 Å². The summed E-state index contributed by atoms with van der Waals surface area (Å²) in [5.41, 5.74) is 0.945. The number of anilines is 1. The number of terminal acetylenes is 1. The monoisotopic (exact) mass is 595 g/mol. The number of fused-ring (bicyclic) bond motifs is 4. The number of hydrogen-bond acceptors (Lipinski definition) is 8. The Bertz CT molecular complexity index is 1920. The van der Waals surface area contributed by atoms with Crippen molar-refractivity contribution in [3.05, 3.63) is 53.6 Å². The van der Waals surface area contributed by atoms with Crippen molar-refractivity contribution in [1.29, 1.82) is 0 Å². The van der Waals surface area contributed by atoms with Gasteiger partial charge in [-0.05, 0) is 68.7 Å². The highest BCUT2D eigenvalue weighted by Crippen LogP contribution is 2.45. The van der Waals surface area contributed by atoms with Gasteiger partial charge in [0.25, 0.3) is 0 Å². The Kier molecular flexibility index (Phi) is 6.17. The van der Waals surface area contributed by atoms with Crippen molar-refractivity contribution in [1.82, 2.24) is 19.9 Å². The summed E-state index contributed by atoms with van der Waals surface area (Å²) >= 11 is 0. The van der Waals surface area contributed by atoms with Crippen molar-refractivity contribution in [3.8, 4) is 41.2 Å². The van der Waals surface area contributed by atoms with Gasteiger partial charge in [-0.15, -0.1) is 6.42 Å². The highest BCUT2D eigenvalue weighted by molar-refractivity contribution is 6.04. The maximum Gasteiger partial charge on any atom is 0.319 e. The van der Waals surface area contributed by atoms with Gasteiger partial charge in [0.1, 0.15) is 47.2 Å². The van der Waals surface area contributed by atoms with Crippen molar-refractivity contribution < 1.29 is 23.4 Å². The quantitative estimate of drug-likeness (QED) is 0.237. The molecule has 2 atom stereocenters. The number of ether oxygens (including phenoxy) is 2. The molecule has 1 N–H and O–H groups in total. The first kappa shape index (κ1) is 27.1. The van der Waals surface area contributed by atoms with Crippen molar-refractivity contribution in [2.75, 3.05) is 37.7 Å². The normalized spacial score (nSPS) is 22.9. The standard InChI is InChI=1S/C34H31F2N5O3/c1-3-23-25(35)9-8-20-13-22(42)14-24(26(20)23)29-28(36)30-27-31(41-12-5-4-7-21(41)17-43-32(27)37-29)39-33(38-30)44-18-34-10-6-11-40(34)16-19(2)15-34/h1,8-9,13-14,21,42H,2,4-7,10-12,15-18H2/t21-,34-/m0/s1. The summed E-state index contributed by atoms with van der Waals surface area (Å²) in [7, 11) is 0. The predicted molar refractivity (Wildman–Crippen MR) is 163 cm³/mol. The van der Waals surface area contributed by atoms with Crippen LogP contribution in [0, 0.1) is 24.0 Å². The average molecular weight is 596 g/mol. The number of phenols is 1. The highest BCUT2D eigenvalue weighted by Gasteiger charge is 2.46. The van der Waals surface area contributed by atoms with E-state index in [1.807, 2.05) is 0 Å². The predicted octanol–water partition coefficient (Wildman–Crippen LogP) is 5.73. The number of phenolic OH excluding ortho intramolecular Hbond substituents is 1. The molecule has 44 heavy (non-hydrogen) atoms. The molecule has 0 spiro atoms. The first-order valence-electron chi connectivity index (χ1n) is 15.1. The van der Waals surface area contributed by atoms with Gasteiger partial charge in [0.15, 0.2) is 5.82 Å². The molecule has 2 aromatic heterocycles. The van der Waals surface area contributed by atoms with E-state index in [9.17, 15) is 9.50 Å². The van der Waals surface area contributed by atoms with Crippen molar-refractivity contribution in [2.45, 2.75) is 50.1 Å². The Labute approximate surface area is 253 Å². The van der Waals surface area contributed by atoms with Gasteiger partial charge in [-0.2, -0.15) is 9.97 Å². The smallest absolute Gasteiger partial charge is 0.319 e. The zero-order valence-electron chi connectivity index (χ0n) is 24.2. The summed E-state index contributed by atoms with van der Waals surface area (Å²) in [4.78, 5) is 18.7.